The van der Waals surface area contributed by atoms with Gasteiger partial charge in [0.2, 0.25) is 0 Å². The molecular weight excluding hydrogens is 179 g/mol. The van der Waals surface area contributed by atoms with Crippen LogP contribution in [0.25, 0.3) is 0 Å². The average molecular weight is 196 g/mol. The molecule has 0 radical (unpaired) electrons. The molecule has 0 heterocycles. The van der Waals surface area contributed by atoms with Gasteiger partial charge < -0.3 is 11.1 Å². The molecule has 78 valence electrons. The molecule has 1 aromatic rings. The normalized spacial score (nSPS) is 10.6. The first-order chi connectivity index (χ1) is 6.63. The summed E-state index contributed by atoms with van der Waals surface area (Å²) in [6, 6.07) is 5.45. The Balaban J connectivity index is 2.79. The second kappa shape index (κ2) is 4.96. The van der Waals surface area contributed by atoms with Crippen molar-refractivity contribution < 1.29 is 4.39 Å². The molecule has 1 aromatic carbocycles. The Labute approximate surface area is 84.3 Å². The van der Waals surface area contributed by atoms with Crippen LogP contribution in [-0.4, -0.2) is 12.6 Å². The van der Waals surface area contributed by atoms with Crippen LogP contribution in [0.5, 0.6) is 0 Å². The molecule has 0 fully saturated rings. The van der Waals surface area contributed by atoms with Crippen LogP contribution in [0.4, 0.5) is 10.1 Å². The third-order valence-electron chi connectivity index (χ3n) is 1.91. The molecule has 0 aromatic heterocycles. The van der Waals surface area contributed by atoms with E-state index in [4.69, 9.17) is 5.73 Å². The summed E-state index contributed by atoms with van der Waals surface area (Å²) in [5.74, 6) is -0.204. The minimum absolute atomic E-state index is 0.204. The maximum absolute atomic E-state index is 13.4. The highest BCUT2D eigenvalue weighted by Gasteiger charge is 2.03. The topological polar surface area (TPSA) is 38.0 Å². The van der Waals surface area contributed by atoms with Crippen LogP contribution in [0.3, 0.4) is 0 Å². The molecule has 0 unspecified atom stereocenters. The Kier molecular flexibility index (Phi) is 3.89. The summed E-state index contributed by atoms with van der Waals surface area (Å²) in [4.78, 5) is 0. The molecular formula is C11H17FN2. The van der Waals surface area contributed by atoms with E-state index >= 15 is 0 Å². The van der Waals surface area contributed by atoms with Gasteiger partial charge in [-0.2, -0.15) is 0 Å². The molecule has 0 saturated heterocycles. The van der Waals surface area contributed by atoms with Gasteiger partial charge in [-0.1, -0.05) is 6.07 Å². The maximum Gasteiger partial charge on any atom is 0.146 e. The fraction of sp³-hybridized carbons (Fsp3) is 0.455. The molecule has 0 aliphatic carbocycles. The molecule has 14 heavy (non-hydrogen) atoms. The lowest BCUT2D eigenvalue weighted by molar-refractivity contribution is 0.625. The zero-order chi connectivity index (χ0) is 10.6. The van der Waals surface area contributed by atoms with Crippen LogP contribution in [0, 0.1) is 5.82 Å². The van der Waals surface area contributed by atoms with Crippen molar-refractivity contribution in [1.82, 2.24) is 0 Å². The predicted octanol–water partition coefficient (Wildman–Crippen LogP) is 2.15. The summed E-state index contributed by atoms with van der Waals surface area (Å²) in [7, 11) is 0. The van der Waals surface area contributed by atoms with E-state index in [1.54, 1.807) is 6.07 Å². The van der Waals surface area contributed by atoms with Gasteiger partial charge in [0, 0.05) is 6.04 Å². The molecule has 0 saturated carbocycles. The first-order valence-corrected chi connectivity index (χ1v) is 4.88. The summed E-state index contributed by atoms with van der Waals surface area (Å²) >= 11 is 0. The van der Waals surface area contributed by atoms with Gasteiger partial charge in [-0.3, -0.25) is 0 Å². The smallest absolute Gasteiger partial charge is 0.146 e. The van der Waals surface area contributed by atoms with Crippen molar-refractivity contribution in [2.75, 3.05) is 11.9 Å². The molecule has 0 spiro atoms. The molecule has 0 aliphatic heterocycles. The Morgan fingerprint density at radius 1 is 1.43 bits per heavy atom. The minimum atomic E-state index is -0.204. The minimum Gasteiger partial charge on any atom is -0.381 e. The van der Waals surface area contributed by atoms with Gasteiger partial charge in [-0.25, -0.2) is 4.39 Å². The molecule has 3 N–H and O–H groups in total. The van der Waals surface area contributed by atoms with E-state index in [2.05, 4.69) is 5.32 Å². The Hall–Kier alpha value is -1.09. The lowest BCUT2D eigenvalue weighted by Crippen LogP contribution is -2.11. The summed E-state index contributed by atoms with van der Waals surface area (Å²) < 4.78 is 13.4. The molecule has 3 heteroatoms. The predicted molar refractivity (Wildman–Crippen MR) is 57.9 cm³/mol. The van der Waals surface area contributed by atoms with Crippen molar-refractivity contribution in [2.24, 2.45) is 5.73 Å². The van der Waals surface area contributed by atoms with E-state index in [1.807, 2.05) is 19.9 Å². The highest BCUT2D eigenvalue weighted by atomic mass is 19.1. The quantitative estimate of drug-likeness (QED) is 0.774. The van der Waals surface area contributed by atoms with Gasteiger partial charge >= 0.3 is 0 Å². The van der Waals surface area contributed by atoms with E-state index in [0.29, 0.717) is 12.2 Å². The Bertz CT molecular complexity index is 297. The molecule has 0 bridgehead atoms. The van der Waals surface area contributed by atoms with Crippen LogP contribution in [-0.2, 0) is 6.42 Å². The summed E-state index contributed by atoms with van der Waals surface area (Å²) in [5, 5.41) is 3.04. The monoisotopic (exact) mass is 196 g/mol. The maximum atomic E-state index is 13.4. The number of nitrogens with two attached hydrogens (primary N) is 1. The van der Waals surface area contributed by atoms with Crippen LogP contribution in [0.1, 0.15) is 19.4 Å². The van der Waals surface area contributed by atoms with Crippen LogP contribution in [0.2, 0.25) is 0 Å². The van der Waals surface area contributed by atoms with E-state index in [0.717, 1.165) is 12.0 Å². The number of rotatable bonds is 4. The third kappa shape index (κ3) is 3.00. The molecule has 0 amide bonds. The van der Waals surface area contributed by atoms with Gasteiger partial charge in [-0.15, -0.1) is 0 Å². The standard InChI is InChI=1S/C11H17FN2/c1-8(2)14-11-4-3-9(5-6-13)7-10(11)12/h3-4,7-8,14H,5-6,13H2,1-2H3. The van der Waals surface area contributed by atoms with Crippen LogP contribution >= 0.6 is 0 Å². The van der Waals surface area contributed by atoms with Crippen molar-refractivity contribution in [3.63, 3.8) is 0 Å². The summed E-state index contributed by atoms with van der Waals surface area (Å²) in [6.45, 7) is 4.51. The highest BCUT2D eigenvalue weighted by Crippen LogP contribution is 2.16. The zero-order valence-corrected chi connectivity index (χ0v) is 8.68. The second-order valence-corrected chi connectivity index (χ2v) is 3.65. The first kappa shape index (κ1) is 11.0. The summed E-state index contributed by atoms with van der Waals surface area (Å²) in [6.07, 6.45) is 0.721. The highest BCUT2D eigenvalue weighted by molar-refractivity contribution is 5.46. The number of anilines is 1. The molecule has 2 nitrogen and oxygen atoms in total. The van der Waals surface area contributed by atoms with Crippen molar-refractivity contribution >= 4 is 5.69 Å². The third-order valence-corrected chi connectivity index (χ3v) is 1.91. The number of nitrogens with one attached hydrogen (secondary N) is 1. The van der Waals surface area contributed by atoms with Gasteiger partial charge in [0.25, 0.3) is 0 Å². The number of halogens is 1. The first-order valence-electron chi connectivity index (χ1n) is 4.88. The molecule has 0 atom stereocenters. The van der Waals surface area contributed by atoms with Crippen molar-refractivity contribution in [1.29, 1.82) is 0 Å². The number of hydrogen-bond acceptors (Lipinski definition) is 2. The van der Waals surface area contributed by atoms with Gasteiger partial charge in [0.15, 0.2) is 0 Å². The number of benzene rings is 1. The van der Waals surface area contributed by atoms with E-state index in [-0.39, 0.29) is 11.9 Å². The number of hydrogen-bond donors (Lipinski definition) is 2. The van der Waals surface area contributed by atoms with Gasteiger partial charge in [0.05, 0.1) is 5.69 Å². The summed E-state index contributed by atoms with van der Waals surface area (Å²) in [5.41, 5.74) is 6.89. The second-order valence-electron chi connectivity index (χ2n) is 3.65. The lowest BCUT2D eigenvalue weighted by atomic mass is 10.1. The largest absolute Gasteiger partial charge is 0.381 e. The van der Waals surface area contributed by atoms with Gasteiger partial charge in [-0.05, 0) is 44.5 Å². The van der Waals surface area contributed by atoms with Crippen molar-refractivity contribution in [3.05, 3.63) is 29.6 Å². The van der Waals surface area contributed by atoms with Crippen molar-refractivity contribution in [3.8, 4) is 0 Å². The van der Waals surface area contributed by atoms with Crippen molar-refractivity contribution in [2.45, 2.75) is 26.3 Å². The Morgan fingerprint density at radius 3 is 2.64 bits per heavy atom. The van der Waals surface area contributed by atoms with Crippen LogP contribution in [0.15, 0.2) is 18.2 Å². The van der Waals surface area contributed by atoms with Crippen LogP contribution < -0.4 is 11.1 Å². The SMILES string of the molecule is CC(C)Nc1ccc(CCN)cc1F. The fourth-order valence-corrected chi connectivity index (χ4v) is 1.31. The fourth-order valence-electron chi connectivity index (χ4n) is 1.31. The van der Waals surface area contributed by atoms with Gasteiger partial charge in [0.1, 0.15) is 5.82 Å². The lowest BCUT2D eigenvalue weighted by Gasteiger charge is -2.11. The zero-order valence-electron chi connectivity index (χ0n) is 8.68. The average Bonchev–Trinajstić information content (AvgIpc) is 2.10. The van der Waals surface area contributed by atoms with E-state index in [1.165, 1.54) is 6.07 Å². The van der Waals surface area contributed by atoms with E-state index in [9.17, 15) is 4.39 Å². The Morgan fingerprint density at radius 2 is 2.14 bits per heavy atom. The van der Waals surface area contributed by atoms with E-state index < -0.39 is 0 Å². The molecule has 0 aliphatic rings. The molecule has 1 rings (SSSR count).